The van der Waals surface area contributed by atoms with E-state index in [0.29, 0.717) is 56.3 Å². The van der Waals surface area contributed by atoms with Crippen LogP contribution in [0.1, 0.15) is 72.8 Å². The molecule has 2 atom stereocenters. The standard InChI is InChI=1S/C64H47F9N4O3/c1-34-10-6-13-38(24-34)54-48-18-19-49(74-48)55(39-14-7-11-35(2)25-39)51-21-23-53(76-51)57(41-16-9-17-47(29-41)80-5)59-61(79,43-31-45(63(68,69)70)33-46(32-43)64(71,72)73)60(78,42-27-37(4)28-44(30-42)62(65,66)67)58(77-59)56(52-22-20-50(54)75-52)40-15-8-12-36(3)26-40/h6-33,75-76,78-79H,1-5H3. The van der Waals surface area contributed by atoms with Gasteiger partial charge in [-0.1, -0.05) is 113 Å². The molecule has 7 nitrogen and oxygen atoms in total. The number of methoxy groups -OCH3 is 1. The van der Waals surface area contributed by atoms with Crippen molar-refractivity contribution in [3.05, 3.63) is 231 Å². The van der Waals surface area contributed by atoms with Crippen LogP contribution in [0.2, 0.25) is 0 Å². The Labute approximate surface area is 452 Å². The van der Waals surface area contributed by atoms with E-state index >= 15 is 39.5 Å². The highest BCUT2D eigenvalue weighted by molar-refractivity contribution is 5.98. The lowest BCUT2D eigenvalue weighted by molar-refractivity contribution is -0.144. The molecule has 11 rings (SSSR count). The van der Waals surface area contributed by atoms with Crippen LogP contribution in [0.4, 0.5) is 39.5 Å². The van der Waals surface area contributed by atoms with Crippen molar-refractivity contribution in [1.82, 2.24) is 19.9 Å². The van der Waals surface area contributed by atoms with Crippen LogP contribution in [-0.4, -0.2) is 37.3 Å². The molecule has 3 aromatic heterocycles. The Bertz CT molecular complexity index is 4160. The summed E-state index contributed by atoms with van der Waals surface area (Å²) in [5.41, 5.74) is -8.86. The molecule has 0 radical (unpaired) electrons. The van der Waals surface area contributed by atoms with Crippen molar-refractivity contribution in [3.8, 4) is 50.3 Å². The van der Waals surface area contributed by atoms with Gasteiger partial charge in [-0.2, -0.15) is 39.5 Å². The Hall–Kier alpha value is -8.73. The molecule has 80 heavy (non-hydrogen) atoms. The van der Waals surface area contributed by atoms with E-state index in [1.54, 1.807) is 67.6 Å². The smallest absolute Gasteiger partial charge is 0.416 e. The number of nitrogens with zero attached hydrogens (tertiary/aromatic N) is 2. The molecule has 0 fully saturated rings. The van der Waals surface area contributed by atoms with Crippen LogP contribution in [0.15, 0.2) is 158 Å². The number of aromatic nitrogens is 4. The topological polar surface area (TPSA) is 107 Å². The van der Waals surface area contributed by atoms with Gasteiger partial charge in [0.05, 0.1) is 46.6 Å². The van der Waals surface area contributed by atoms with Gasteiger partial charge in [-0.25, -0.2) is 9.97 Å². The minimum absolute atomic E-state index is 0.0487. The van der Waals surface area contributed by atoms with E-state index < -0.39 is 68.9 Å². The fraction of sp³-hybridized carbons (Fsp3) is 0.156. The van der Waals surface area contributed by atoms with E-state index in [4.69, 9.17) is 14.7 Å². The summed E-state index contributed by atoms with van der Waals surface area (Å²) >= 11 is 0. The lowest BCUT2D eigenvalue weighted by Crippen LogP contribution is -2.48. The van der Waals surface area contributed by atoms with E-state index in [0.717, 1.165) is 23.3 Å². The molecule has 2 aliphatic heterocycles. The summed E-state index contributed by atoms with van der Waals surface area (Å²) in [7, 11) is 1.36. The van der Waals surface area contributed by atoms with Crippen LogP contribution in [-0.2, 0) is 29.7 Å². The van der Waals surface area contributed by atoms with Crippen molar-refractivity contribution in [3.63, 3.8) is 0 Å². The van der Waals surface area contributed by atoms with E-state index in [2.05, 4.69) is 9.97 Å². The molecule has 404 valence electrons. The number of aryl methyl sites for hydroxylation is 4. The van der Waals surface area contributed by atoms with Crippen molar-refractivity contribution in [1.29, 1.82) is 0 Å². The Morgan fingerprint density at radius 1 is 0.400 bits per heavy atom. The lowest BCUT2D eigenvalue weighted by Gasteiger charge is -2.41. The van der Waals surface area contributed by atoms with Gasteiger partial charge in [-0.3, -0.25) is 0 Å². The van der Waals surface area contributed by atoms with Gasteiger partial charge < -0.3 is 24.9 Å². The third kappa shape index (κ3) is 9.21. The number of aliphatic hydroxyl groups is 2. The van der Waals surface area contributed by atoms with E-state index in [1.807, 2.05) is 74.5 Å². The molecular weight excluding hydrogens is 1040 g/mol. The van der Waals surface area contributed by atoms with Crippen molar-refractivity contribution >= 4 is 34.2 Å². The molecule has 6 aromatic carbocycles. The number of benzene rings is 6. The number of ether oxygens (including phenoxy) is 1. The van der Waals surface area contributed by atoms with Gasteiger partial charge in [-0.05, 0) is 140 Å². The summed E-state index contributed by atoms with van der Waals surface area (Å²) < 4.78 is 143. The Balaban J connectivity index is 1.48. The highest BCUT2D eigenvalue weighted by atomic mass is 19.4. The molecule has 2 unspecified atom stereocenters. The van der Waals surface area contributed by atoms with E-state index in [-0.39, 0.29) is 62.8 Å². The second-order valence-corrected chi connectivity index (χ2v) is 20.2. The predicted octanol–water partition coefficient (Wildman–Crippen LogP) is 16.6. The molecule has 16 heteroatoms. The minimum atomic E-state index is -5.51. The van der Waals surface area contributed by atoms with Gasteiger partial charge in [0.15, 0.2) is 11.2 Å². The molecule has 9 aromatic rings. The van der Waals surface area contributed by atoms with Gasteiger partial charge in [0.1, 0.15) is 5.75 Å². The van der Waals surface area contributed by atoms with E-state index in [1.165, 1.54) is 26.2 Å². The van der Waals surface area contributed by atoms with Crippen molar-refractivity contribution < 1.29 is 54.5 Å². The van der Waals surface area contributed by atoms with E-state index in [9.17, 15) is 10.2 Å². The minimum Gasteiger partial charge on any atom is -0.497 e. The summed E-state index contributed by atoms with van der Waals surface area (Å²) in [4.78, 5) is 17.4. The van der Waals surface area contributed by atoms with Crippen molar-refractivity contribution in [2.75, 3.05) is 7.11 Å². The van der Waals surface area contributed by atoms with Crippen LogP contribution >= 0.6 is 0 Å². The maximum absolute atomic E-state index is 15.3. The number of aromatic amines is 2. The largest absolute Gasteiger partial charge is 0.497 e. The molecule has 0 spiro atoms. The molecule has 0 amide bonds. The molecule has 4 N–H and O–H groups in total. The fourth-order valence-electron chi connectivity index (χ4n) is 11.0. The third-order valence-electron chi connectivity index (χ3n) is 14.6. The lowest BCUT2D eigenvalue weighted by atomic mass is 9.68. The first-order chi connectivity index (χ1) is 37.8. The monoisotopic (exact) mass is 1090 g/mol. The molecule has 8 bridgehead atoms. The zero-order valence-electron chi connectivity index (χ0n) is 43.3. The SMILES string of the molecule is COc1cccc(-c2c3nc(c(-c4cccc(C)c4)c4ccc([nH]4)c(-c4cccc(C)c4)c4nc(c(-c5cccc(C)c5)c5ccc2[nH]5)C=C4)C(O)(c2cc(C)cc(C(F)(F)F)c2)C3(O)c2cc(C(F)(F)F)cc(C(F)(F)F)c2)c1. The van der Waals surface area contributed by atoms with Gasteiger partial charge in [-0.15, -0.1) is 0 Å². The van der Waals surface area contributed by atoms with Crippen molar-refractivity contribution in [2.45, 2.75) is 57.4 Å². The highest BCUT2D eigenvalue weighted by Gasteiger charge is 2.63. The molecule has 0 aliphatic carbocycles. The van der Waals surface area contributed by atoms with Crippen LogP contribution in [0.25, 0.3) is 78.7 Å². The van der Waals surface area contributed by atoms with Crippen LogP contribution in [0.5, 0.6) is 5.75 Å². The normalized spacial score (nSPS) is 16.6. The van der Waals surface area contributed by atoms with Gasteiger partial charge in [0, 0.05) is 44.3 Å². The zero-order valence-corrected chi connectivity index (χ0v) is 43.3. The summed E-state index contributed by atoms with van der Waals surface area (Å²) in [6.45, 7) is 6.85. The molecule has 0 saturated carbocycles. The number of hydrogen-bond acceptors (Lipinski definition) is 5. The molecular formula is C64H47F9N4O3. The Morgan fingerprint density at radius 2 is 0.762 bits per heavy atom. The zero-order chi connectivity index (χ0) is 56.8. The summed E-state index contributed by atoms with van der Waals surface area (Å²) in [5, 5.41) is 29.1. The maximum atomic E-state index is 15.3. The van der Waals surface area contributed by atoms with Crippen molar-refractivity contribution in [2.24, 2.45) is 0 Å². The molecule has 2 aliphatic rings. The van der Waals surface area contributed by atoms with Crippen LogP contribution in [0, 0.1) is 27.7 Å². The summed E-state index contributed by atoms with van der Waals surface area (Å²) in [6, 6.07) is 37.3. The average Bonchev–Trinajstić information content (AvgIpc) is 4.42. The Kier molecular flexibility index (Phi) is 12.8. The predicted molar refractivity (Wildman–Crippen MR) is 291 cm³/mol. The fourth-order valence-corrected chi connectivity index (χ4v) is 11.0. The summed E-state index contributed by atoms with van der Waals surface area (Å²) in [6.07, 6.45) is -12.4. The van der Waals surface area contributed by atoms with Gasteiger partial charge in [0.2, 0.25) is 0 Å². The Morgan fingerprint density at radius 3 is 1.16 bits per heavy atom. The highest BCUT2D eigenvalue weighted by Crippen LogP contribution is 2.59. The molecule has 0 saturated heterocycles. The third-order valence-corrected chi connectivity index (χ3v) is 14.6. The first kappa shape index (κ1) is 53.3. The molecule has 5 heterocycles. The second-order valence-electron chi connectivity index (χ2n) is 20.2. The quantitative estimate of drug-likeness (QED) is 0.119. The van der Waals surface area contributed by atoms with Gasteiger partial charge >= 0.3 is 18.5 Å². The van der Waals surface area contributed by atoms with Gasteiger partial charge in [0.25, 0.3) is 0 Å². The number of hydrogen-bond donors (Lipinski definition) is 4. The number of H-pyrrole nitrogens is 2. The first-order valence-corrected chi connectivity index (χ1v) is 25.1. The first-order valence-electron chi connectivity index (χ1n) is 25.1. The maximum Gasteiger partial charge on any atom is 0.416 e. The van der Waals surface area contributed by atoms with Crippen LogP contribution in [0.3, 0.4) is 0 Å². The summed E-state index contributed by atoms with van der Waals surface area (Å²) in [5.74, 6) is 0.203. The number of alkyl halides is 9. The number of fused-ring (bicyclic) bond motifs is 8. The second kappa shape index (κ2) is 19.3. The number of nitrogens with one attached hydrogen (secondary N) is 2. The average molecular weight is 1090 g/mol. The van der Waals surface area contributed by atoms with Crippen LogP contribution < -0.4 is 4.74 Å². The number of halogens is 9. The number of rotatable bonds is 7.